The van der Waals surface area contributed by atoms with Gasteiger partial charge in [-0.1, -0.05) is 12.8 Å². The zero-order valence-corrected chi connectivity index (χ0v) is 26.6. The van der Waals surface area contributed by atoms with Gasteiger partial charge in [0, 0.05) is 24.2 Å². The number of nitrogens with one attached hydrogen (secondary N) is 1. The number of ether oxygens (including phenoxy) is 3. The van der Waals surface area contributed by atoms with E-state index in [1.54, 1.807) is 54.8 Å². The third-order valence-corrected chi connectivity index (χ3v) is 6.74. The van der Waals surface area contributed by atoms with Crippen LogP contribution < -0.4 is 10.1 Å². The van der Waals surface area contributed by atoms with E-state index < -0.39 is 29.4 Å². The van der Waals surface area contributed by atoms with Crippen LogP contribution in [0.1, 0.15) is 121 Å². The van der Waals surface area contributed by atoms with E-state index in [1.165, 1.54) is 17.0 Å². The molecule has 12 nitrogen and oxygen atoms in total. The molecule has 238 valence electrons. The number of nitrogens with zero attached hydrogens (tertiary/aromatic N) is 4. The van der Waals surface area contributed by atoms with Crippen LogP contribution in [0.3, 0.4) is 0 Å². The molecular formula is C32H43N5O7. The van der Waals surface area contributed by atoms with Gasteiger partial charge in [-0.2, -0.15) is 0 Å². The molecule has 12 heteroatoms. The average Bonchev–Trinajstić information content (AvgIpc) is 3.44. The number of carbonyl (C=O) groups is 3. The van der Waals surface area contributed by atoms with Crippen molar-refractivity contribution in [3.8, 4) is 17.1 Å². The van der Waals surface area contributed by atoms with Gasteiger partial charge in [0.1, 0.15) is 23.3 Å². The van der Waals surface area contributed by atoms with E-state index in [4.69, 9.17) is 28.6 Å². The number of methoxy groups -OCH3 is 1. The maximum absolute atomic E-state index is 13.5. The van der Waals surface area contributed by atoms with Gasteiger partial charge in [-0.05, 0) is 79.4 Å². The number of rotatable bonds is 12. The van der Waals surface area contributed by atoms with Crippen molar-refractivity contribution in [2.75, 3.05) is 7.11 Å². The van der Waals surface area contributed by atoms with Crippen LogP contribution in [0.5, 0.6) is 5.88 Å². The van der Waals surface area contributed by atoms with Crippen LogP contribution in [0.2, 0.25) is 0 Å². The second kappa shape index (κ2) is 13.6. The topological polar surface area (TPSA) is 148 Å². The number of unbranched alkanes of at least 4 members (excludes halogenated alkanes) is 2. The minimum Gasteiger partial charge on any atom is -0.480 e. The number of imidazole rings is 1. The van der Waals surface area contributed by atoms with Crippen molar-refractivity contribution >= 4 is 18.0 Å². The summed E-state index contributed by atoms with van der Waals surface area (Å²) in [5, 5.41) is 2.90. The Morgan fingerprint density at radius 2 is 1.75 bits per heavy atom. The minimum atomic E-state index is -0.770. The van der Waals surface area contributed by atoms with E-state index in [-0.39, 0.29) is 23.9 Å². The summed E-state index contributed by atoms with van der Waals surface area (Å²) >= 11 is 0. The predicted octanol–water partition coefficient (Wildman–Crippen LogP) is 7.00. The van der Waals surface area contributed by atoms with Crippen LogP contribution in [0.25, 0.3) is 11.3 Å². The summed E-state index contributed by atoms with van der Waals surface area (Å²) in [5.41, 5.74) is 0.519. The molecule has 1 fully saturated rings. The Hall–Kier alpha value is -4.22. The lowest BCUT2D eigenvalue weighted by Crippen LogP contribution is -2.37. The molecule has 4 rings (SSSR count). The van der Waals surface area contributed by atoms with Gasteiger partial charge in [0.15, 0.2) is 0 Å². The third-order valence-electron chi connectivity index (χ3n) is 6.74. The molecule has 1 aliphatic rings. The van der Waals surface area contributed by atoms with Gasteiger partial charge >= 0.3 is 12.2 Å². The zero-order valence-electron chi connectivity index (χ0n) is 26.6. The average molecular weight is 610 g/mol. The van der Waals surface area contributed by atoms with Crippen LogP contribution in [-0.2, 0) is 9.47 Å². The maximum Gasteiger partial charge on any atom is 0.420 e. The molecule has 1 atom stereocenters. The first-order valence-electron chi connectivity index (χ1n) is 15.0. The highest BCUT2D eigenvalue weighted by Crippen LogP contribution is 2.41. The van der Waals surface area contributed by atoms with Gasteiger partial charge in [0.05, 0.1) is 30.6 Å². The molecule has 44 heavy (non-hydrogen) atoms. The lowest BCUT2D eigenvalue weighted by molar-refractivity contribution is 0.0470. The standard InChI is InChI=1S/C32H43N5O7/c1-31(2,3)43-29(39)36-23(11-9-8-10-12-25(38)28-33-17-18-42-28)26-34-24(19-37(26)30(40)44-32(4,5)6)21-15-16-22(20-13-14-20)35-27(21)41-7/h15-20,23H,8-14H2,1-7H3,(H,36,39)/t23-/m0/s1. The molecule has 3 heterocycles. The summed E-state index contributed by atoms with van der Waals surface area (Å²) < 4.78 is 23.3. The fraction of sp³-hybridized carbons (Fsp3) is 0.562. The van der Waals surface area contributed by atoms with E-state index in [0.29, 0.717) is 48.7 Å². The predicted molar refractivity (Wildman–Crippen MR) is 162 cm³/mol. The highest BCUT2D eigenvalue weighted by Gasteiger charge is 2.31. The van der Waals surface area contributed by atoms with Crippen molar-refractivity contribution in [1.82, 2.24) is 24.8 Å². The summed E-state index contributed by atoms with van der Waals surface area (Å²) in [6.45, 7) is 10.7. The van der Waals surface area contributed by atoms with Crippen LogP contribution in [0.15, 0.2) is 35.2 Å². The molecule has 0 spiro atoms. The van der Waals surface area contributed by atoms with Gasteiger partial charge < -0.3 is 23.9 Å². The highest BCUT2D eigenvalue weighted by molar-refractivity contribution is 5.91. The molecule has 0 bridgehead atoms. The molecule has 1 aliphatic carbocycles. The number of amides is 1. The fourth-order valence-corrected chi connectivity index (χ4v) is 4.63. The van der Waals surface area contributed by atoms with Gasteiger partial charge in [-0.25, -0.2) is 29.1 Å². The molecule has 0 unspecified atom stereocenters. The van der Waals surface area contributed by atoms with Crippen LogP contribution >= 0.6 is 0 Å². The first-order valence-corrected chi connectivity index (χ1v) is 15.0. The van der Waals surface area contributed by atoms with Crippen molar-refractivity contribution in [3.63, 3.8) is 0 Å². The number of ketones is 1. The number of alkyl carbamates (subject to hydrolysis) is 1. The van der Waals surface area contributed by atoms with Crippen molar-refractivity contribution in [2.24, 2.45) is 0 Å². The van der Waals surface area contributed by atoms with E-state index in [2.05, 4.69) is 10.3 Å². The first-order chi connectivity index (χ1) is 20.7. The van der Waals surface area contributed by atoms with Crippen LogP contribution in [0, 0.1) is 0 Å². The van der Waals surface area contributed by atoms with Gasteiger partial charge in [0.2, 0.25) is 11.7 Å². The van der Waals surface area contributed by atoms with E-state index in [1.807, 2.05) is 12.1 Å². The van der Waals surface area contributed by atoms with Crippen LogP contribution in [0.4, 0.5) is 9.59 Å². The number of aromatic nitrogens is 4. The zero-order chi connectivity index (χ0) is 32.1. The Balaban J connectivity index is 1.62. The summed E-state index contributed by atoms with van der Waals surface area (Å²) in [7, 11) is 1.55. The second-order valence-electron chi connectivity index (χ2n) is 13.0. The summed E-state index contributed by atoms with van der Waals surface area (Å²) in [6.07, 6.45) is 7.90. The van der Waals surface area contributed by atoms with Crippen molar-refractivity contribution in [1.29, 1.82) is 0 Å². The largest absolute Gasteiger partial charge is 0.480 e. The highest BCUT2D eigenvalue weighted by atomic mass is 16.6. The summed E-state index contributed by atoms with van der Waals surface area (Å²) in [5.74, 6) is 1.04. The Morgan fingerprint density at radius 1 is 1.02 bits per heavy atom. The Morgan fingerprint density at radius 3 is 2.36 bits per heavy atom. The van der Waals surface area contributed by atoms with Crippen molar-refractivity contribution in [3.05, 3.63) is 48.2 Å². The quantitative estimate of drug-likeness (QED) is 0.168. The van der Waals surface area contributed by atoms with E-state index in [9.17, 15) is 14.4 Å². The SMILES string of the molecule is COc1nc(C2CC2)ccc1-c1cn(C(=O)OC(C)(C)C)c([C@H](CCCCCC(=O)c2ncco2)NC(=O)OC(C)(C)C)n1. The third kappa shape index (κ3) is 9.14. The Bertz CT molecular complexity index is 1450. The lowest BCUT2D eigenvalue weighted by Gasteiger charge is -2.25. The lowest BCUT2D eigenvalue weighted by atomic mass is 10.1. The Kier molecular flexibility index (Phi) is 10.1. The van der Waals surface area contributed by atoms with E-state index >= 15 is 0 Å². The number of Topliss-reactive ketones (excluding diaryl/α,β-unsaturated/α-hetero) is 1. The molecule has 0 aromatic carbocycles. The molecule has 3 aromatic heterocycles. The number of carbonyl (C=O) groups excluding carboxylic acids is 3. The number of hydrogen-bond acceptors (Lipinski definition) is 10. The Labute approximate surface area is 257 Å². The van der Waals surface area contributed by atoms with E-state index in [0.717, 1.165) is 18.5 Å². The molecule has 1 saturated carbocycles. The summed E-state index contributed by atoms with van der Waals surface area (Å²) in [6, 6.07) is 3.14. The number of hydrogen-bond donors (Lipinski definition) is 1. The van der Waals surface area contributed by atoms with Gasteiger partial charge in [-0.15, -0.1) is 0 Å². The summed E-state index contributed by atoms with van der Waals surface area (Å²) in [4.78, 5) is 52.2. The normalized spacial score (nSPS) is 14.2. The maximum atomic E-state index is 13.5. The molecule has 0 aliphatic heterocycles. The molecule has 3 aromatic rings. The second-order valence-corrected chi connectivity index (χ2v) is 13.0. The number of oxazole rings is 1. The van der Waals surface area contributed by atoms with Gasteiger partial charge in [0.25, 0.3) is 5.89 Å². The molecular weight excluding hydrogens is 566 g/mol. The molecule has 1 N–H and O–H groups in total. The molecule has 0 radical (unpaired) electrons. The van der Waals surface area contributed by atoms with Crippen LogP contribution in [-0.4, -0.2) is 55.8 Å². The van der Waals surface area contributed by atoms with Crippen molar-refractivity contribution < 1.29 is 33.0 Å². The molecule has 0 saturated heterocycles. The van der Waals surface area contributed by atoms with Crippen molar-refractivity contribution in [2.45, 2.75) is 110 Å². The minimum absolute atomic E-state index is 0.0940. The fourth-order valence-electron chi connectivity index (χ4n) is 4.63. The number of pyridine rings is 1. The molecule has 1 amide bonds. The monoisotopic (exact) mass is 609 g/mol. The first kappa shape index (κ1) is 32.7. The van der Waals surface area contributed by atoms with Gasteiger partial charge in [-0.3, -0.25) is 4.79 Å². The smallest absolute Gasteiger partial charge is 0.420 e.